The van der Waals surface area contributed by atoms with Crippen molar-refractivity contribution in [1.82, 2.24) is 15.5 Å². The summed E-state index contributed by atoms with van der Waals surface area (Å²) in [6.45, 7) is 0. The molecule has 1 amide bonds. The molecule has 0 atom stereocenters. The Hall–Kier alpha value is -1.82. The van der Waals surface area contributed by atoms with Gasteiger partial charge in [0.25, 0.3) is 5.91 Å². The van der Waals surface area contributed by atoms with Crippen molar-refractivity contribution in [3.05, 3.63) is 23.3 Å². The number of nitrogens with zero attached hydrogens (tertiary/aromatic N) is 1. The van der Waals surface area contributed by atoms with Crippen LogP contribution in [0, 0.1) is 0 Å². The molecule has 1 saturated carbocycles. The number of rotatable bonds is 1. The number of aromatic amines is 1. The Morgan fingerprint density at radius 1 is 1.20 bits per heavy atom. The standard InChI is InChI=1S/C14H16N4OS/c19-13-12-10(6-11(20-12)9-7-15-16-8-9)17-14(18-13)4-2-1-3-5-14/h6-8,17H,1-5H2,(H,15,16)(H,18,19). The van der Waals surface area contributed by atoms with E-state index in [9.17, 15) is 4.79 Å². The maximum Gasteiger partial charge on any atom is 0.265 e. The summed E-state index contributed by atoms with van der Waals surface area (Å²) in [6, 6.07) is 2.07. The first-order valence-electron chi connectivity index (χ1n) is 6.99. The summed E-state index contributed by atoms with van der Waals surface area (Å²) in [6.07, 6.45) is 9.25. The first kappa shape index (κ1) is 12.0. The number of H-pyrrole nitrogens is 1. The van der Waals surface area contributed by atoms with Gasteiger partial charge in [0.05, 0.1) is 11.9 Å². The second-order valence-electron chi connectivity index (χ2n) is 5.56. The molecule has 0 radical (unpaired) electrons. The fourth-order valence-corrected chi connectivity index (χ4v) is 4.14. The molecule has 3 heterocycles. The number of aromatic nitrogens is 2. The highest BCUT2D eigenvalue weighted by atomic mass is 32.1. The van der Waals surface area contributed by atoms with Gasteiger partial charge in [0, 0.05) is 16.6 Å². The Morgan fingerprint density at radius 3 is 2.80 bits per heavy atom. The van der Waals surface area contributed by atoms with Crippen molar-refractivity contribution in [2.45, 2.75) is 37.8 Å². The van der Waals surface area contributed by atoms with E-state index in [0.717, 1.165) is 33.8 Å². The lowest BCUT2D eigenvalue weighted by Crippen LogP contribution is -2.58. The van der Waals surface area contributed by atoms with Gasteiger partial charge in [0.1, 0.15) is 10.5 Å². The van der Waals surface area contributed by atoms with Gasteiger partial charge in [-0.15, -0.1) is 11.3 Å². The van der Waals surface area contributed by atoms with Crippen molar-refractivity contribution in [1.29, 1.82) is 0 Å². The third kappa shape index (κ3) is 1.83. The van der Waals surface area contributed by atoms with Crippen molar-refractivity contribution in [2.75, 3.05) is 5.32 Å². The molecule has 1 aliphatic heterocycles. The van der Waals surface area contributed by atoms with E-state index in [1.807, 2.05) is 6.20 Å². The van der Waals surface area contributed by atoms with Gasteiger partial charge < -0.3 is 10.6 Å². The molecule has 0 bridgehead atoms. The van der Waals surface area contributed by atoms with E-state index in [4.69, 9.17) is 0 Å². The molecule has 1 spiro atoms. The molecule has 2 aromatic rings. The summed E-state index contributed by atoms with van der Waals surface area (Å²) in [7, 11) is 0. The number of hydrogen-bond acceptors (Lipinski definition) is 4. The van der Waals surface area contributed by atoms with Crippen LogP contribution < -0.4 is 10.6 Å². The monoisotopic (exact) mass is 288 g/mol. The molecule has 1 fully saturated rings. The molecule has 6 heteroatoms. The minimum Gasteiger partial charge on any atom is -0.361 e. The maximum absolute atomic E-state index is 12.4. The number of carbonyl (C=O) groups is 1. The van der Waals surface area contributed by atoms with Crippen molar-refractivity contribution in [3.63, 3.8) is 0 Å². The molecule has 104 valence electrons. The Labute approximate surface area is 120 Å². The van der Waals surface area contributed by atoms with E-state index in [1.165, 1.54) is 30.6 Å². The summed E-state index contributed by atoms with van der Waals surface area (Å²) < 4.78 is 0. The van der Waals surface area contributed by atoms with E-state index in [2.05, 4.69) is 26.9 Å². The fraction of sp³-hybridized carbons (Fsp3) is 0.429. The molecular weight excluding hydrogens is 272 g/mol. The van der Waals surface area contributed by atoms with Gasteiger partial charge in [-0.1, -0.05) is 6.42 Å². The Morgan fingerprint density at radius 2 is 2.05 bits per heavy atom. The molecule has 2 aromatic heterocycles. The second kappa shape index (κ2) is 4.34. The summed E-state index contributed by atoms with van der Waals surface area (Å²) >= 11 is 1.51. The molecular formula is C14H16N4OS. The molecule has 0 aromatic carbocycles. The van der Waals surface area contributed by atoms with E-state index in [1.54, 1.807) is 6.20 Å². The van der Waals surface area contributed by atoms with E-state index < -0.39 is 0 Å². The third-order valence-electron chi connectivity index (χ3n) is 4.15. The predicted octanol–water partition coefficient (Wildman–Crippen LogP) is 2.95. The number of anilines is 1. The SMILES string of the molecule is O=C1NC2(CCCCC2)Nc2cc(-c3cn[nH]c3)sc21. The van der Waals surface area contributed by atoms with Crippen LogP contribution in [0.4, 0.5) is 5.69 Å². The van der Waals surface area contributed by atoms with Crippen molar-refractivity contribution in [3.8, 4) is 10.4 Å². The molecule has 0 unspecified atom stereocenters. The lowest BCUT2D eigenvalue weighted by Gasteiger charge is -2.42. The molecule has 20 heavy (non-hydrogen) atoms. The number of thiophene rings is 1. The van der Waals surface area contributed by atoms with Gasteiger partial charge in [0.15, 0.2) is 0 Å². The zero-order valence-electron chi connectivity index (χ0n) is 11.0. The fourth-order valence-electron chi connectivity index (χ4n) is 3.15. The number of carbonyl (C=O) groups excluding carboxylic acids is 1. The Bertz CT molecular complexity index is 640. The van der Waals surface area contributed by atoms with Crippen molar-refractivity contribution >= 4 is 22.9 Å². The Balaban J connectivity index is 1.71. The molecule has 3 N–H and O–H groups in total. The molecule has 0 saturated heterocycles. The highest BCUT2D eigenvalue weighted by molar-refractivity contribution is 7.18. The van der Waals surface area contributed by atoms with Crippen LogP contribution in [-0.4, -0.2) is 21.8 Å². The molecule has 5 nitrogen and oxygen atoms in total. The van der Waals surface area contributed by atoms with Crippen molar-refractivity contribution < 1.29 is 4.79 Å². The van der Waals surface area contributed by atoms with E-state index in [0.29, 0.717) is 0 Å². The Kier molecular flexibility index (Phi) is 2.60. The highest BCUT2D eigenvalue weighted by Crippen LogP contribution is 2.41. The predicted molar refractivity (Wildman–Crippen MR) is 78.8 cm³/mol. The first-order valence-corrected chi connectivity index (χ1v) is 7.81. The quantitative estimate of drug-likeness (QED) is 0.755. The lowest BCUT2D eigenvalue weighted by molar-refractivity contribution is 0.0881. The second-order valence-corrected chi connectivity index (χ2v) is 6.61. The average Bonchev–Trinajstić information content (AvgIpc) is 3.07. The average molecular weight is 288 g/mol. The molecule has 2 aliphatic rings. The van der Waals surface area contributed by atoms with Crippen LogP contribution in [-0.2, 0) is 0 Å². The highest BCUT2D eigenvalue weighted by Gasteiger charge is 2.39. The van der Waals surface area contributed by atoms with Gasteiger partial charge in [0.2, 0.25) is 0 Å². The number of hydrogen-bond donors (Lipinski definition) is 3. The van der Waals surface area contributed by atoms with Crippen LogP contribution >= 0.6 is 11.3 Å². The third-order valence-corrected chi connectivity index (χ3v) is 5.34. The van der Waals surface area contributed by atoms with Gasteiger partial charge in [-0.25, -0.2) is 0 Å². The normalized spacial score (nSPS) is 20.3. The maximum atomic E-state index is 12.4. The summed E-state index contributed by atoms with van der Waals surface area (Å²) in [4.78, 5) is 14.2. The van der Waals surface area contributed by atoms with Crippen molar-refractivity contribution in [2.24, 2.45) is 0 Å². The van der Waals surface area contributed by atoms with Crippen LogP contribution in [0.2, 0.25) is 0 Å². The molecule has 4 rings (SSSR count). The minimum absolute atomic E-state index is 0.0559. The largest absolute Gasteiger partial charge is 0.361 e. The molecule has 1 aliphatic carbocycles. The lowest BCUT2D eigenvalue weighted by atomic mass is 9.87. The van der Waals surface area contributed by atoms with Gasteiger partial charge in [-0.2, -0.15) is 5.10 Å². The minimum atomic E-state index is -0.225. The number of fused-ring (bicyclic) bond motifs is 1. The summed E-state index contributed by atoms with van der Waals surface area (Å²) in [5, 5.41) is 13.5. The van der Waals surface area contributed by atoms with Crippen LogP contribution in [0.3, 0.4) is 0 Å². The summed E-state index contributed by atoms with van der Waals surface area (Å²) in [5.74, 6) is 0.0559. The summed E-state index contributed by atoms with van der Waals surface area (Å²) in [5.41, 5.74) is 1.77. The van der Waals surface area contributed by atoms with Crippen LogP contribution in [0.15, 0.2) is 18.5 Å². The van der Waals surface area contributed by atoms with E-state index in [-0.39, 0.29) is 11.6 Å². The van der Waals surface area contributed by atoms with Crippen LogP contribution in [0.1, 0.15) is 41.8 Å². The zero-order chi connectivity index (χ0) is 13.6. The smallest absolute Gasteiger partial charge is 0.265 e. The zero-order valence-corrected chi connectivity index (χ0v) is 11.8. The van der Waals surface area contributed by atoms with E-state index >= 15 is 0 Å². The van der Waals surface area contributed by atoms with Crippen LogP contribution in [0.5, 0.6) is 0 Å². The first-order chi connectivity index (χ1) is 9.76. The van der Waals surface area contributed by atoms with Gasteiger partial charge >= 0.3 is 0 Å². The number of amides is 1. The van der Waals surface area contributed by atoms with Crippen LogP contribution in [0.25, 0.3) is 10.4 Å². The number of nitrogens with one attached hydrogen (secondary N) is 3. The van der Waals surface area contributed by atoms with Gasteiger partial charge in [-0.3, -0.25) is 9.89 Å². The topological polar surface area (TPSA) is 69.8 Å². The van der Waals surface area contributed by atoms with Gasteiger partial charge in [-0.05, 0) is 31.7 Å².